The average molecular weight is 476 g/mol. The van der Waals surface area contributed by atoms with Crippen molar-refractivity contribution in [3.8, 4) is 11.5 Å². The molecular weight excluding hydrogens is 464 g/mol. The molecule has 0 aliphatic rings. The van der Waals surface area contributed by atoms with Crippen LogP contribution in [0.5, 0.6) is 11.5 Å². The highest BCUT2D eigenvalue weighted by Gasteiger charge is 2.31. The first-order chi connectivity index (χ1) is 14.1. The third-order valence-corrected chi connectivity index (χ3v) is 4.63. The Bertz CT molecular complexity index is 1070. The topological polar surface area (TPSA) is 59.4 Å². The third kappa shape index (κ3) is 5.33. The largest absolute Gasteiger partial charge is 0.454 e. The van der Waals surface area contributed by atoms with Gasteiger partial charge in [0.1, 0.15) is 15.8 Å². The molecule has 3 rings (SSSR count). The van der Waals surface area contributed by atoms with Crippen LogP contribution in [0.15, 0.2) is 54.0 Å². The van der Waals surface area contributed by atoms with Crippen LogP contribution < -0.4 is 10.2 Å². The smallest absolute Gasteiger partial charge is 0.417 e. The van der Waals surface area contributed by atoms with Crippen molar-refractivity contribution in [2.45, 2.75) is 13.1 Å². The fourth-order valence-electron chi connectivity index (χ4n) is 2.26. The fraction of sp³-hybridized carbons (Fsp3) is 0.105. The van der Waals surface area contributed by atoms with E-state index in [1.165, 1.54) is 12.4 Å². The van der Waals surface area contributed by atoms with Gasteiger partial charge in [0, 0.05) is 18.6 Å². The van der Waals surface area contributed by atoms with Crippen LogP contribution in [0.3, 0.4) is 0 Å². The maximum atomic E-state index is 12.7. The first kappa shape index (κ1) is 22.1. The molecule has 0 amide bonds. The molecule has 0 aliphatic heterocycles. The number of hydrogen-bond donors (Lipinski definition) is 1. The van der Waals surface area contributed by atoms with Crippen LogP contribution in [0.1, 0.15) is 18.1 Å². The van der Waals surface area contributed by atoms with Crippen molar-refractivity contribution in [3.05, 3.63) is 75.1 Å². The Morgan fingerprint density at radius 2 is 1.63 bits per heavy atom. The minimum atomic E-state index is -4.52. The van der Waals surface area contributed by atoms with Gasteiger partial charge in [0.15, 0.2) is 11.6 Å². The Labute approximate surface area is 184 Å². The number of nitrogens with zero attached hydrogens (tertiary/aromatic N) is 3. The number of anilines is 1. The number of halogens is 6. The first-order valence-corrected chi connectivity index (χ1v) is 9.39. The Morgan fingerprint density at radius 1 is 1.00 bits per heavy atom. The van der Waals surface area contributed by atoms with Crippen molar-refractivity contribution >= 4 is 46.3 Å². The summed E-state index contributed by atoms with van der Waals surface area (Å²) in [6, 6.07) is 7.63. The molecule has 0 saturated heterocycles. The molecule has 2 aromatic heterocycles. The van der Waals surface area contributed by atoms with Crippen LogP contribution in [0.25, 0.3) is 0 Å². The van der Waals surface area contributed by atoms with Crippen molar-refractivity contribution < 1.29 is 17.9 Å². The molecule has 30 heavy (non-hydrogen) atoms. The number of nitrogens with one attached hydrogen (secondary N) is 1. The molecular formula is C19H12Cl3F3N4O. The molecule has 0 radical (unpaired) electrons. The van der Waals surface area contributed by atoms with Crippen LogP contribution in [-0.4, -0.2) is 15.7 Å². The summed E-state index contributed by atoms with van der Waals surface area (Å²) in [5, 5.41) is 4.45. The number of aromatic nitrogens is 2. The molecule has 0 saturated carbocycles. The van der Waals surface area contributed by atoms with Gasteiger partial charge in [-0.3, -0.25) is 10.4 Å². The number of hydrogen-bond acceptors (Lipinski definition) is 5. The summed E-state index contributed by atoms with van der Waals surface area (Å²) in [5.74, 6) is 0.782. The molecule has 0 fully saturated rings. The monoisotopic (exact) mass is 474 g/mol. The standard InChI is InChI=1S/C19H12Cl3F3N4O/c1-10(28-29-18-14(20)6-12(7-27-18)19(23,24)25)11-2-4-13(5-3-11)30-17-15(21)8-26-9-16(17)22/h2-9H,1H3,(H,27,29). The predicted octanol–water partition coefficient (Wildman–Crippen LogP) is 7.08. The number of ether oxygens (including phenoxy) is 1. The van der Waals surface area contributed by atoms with Gasteiger partial charge in [0.05, 0.1) is 16.3 Å². The summed E-state index contributed by atoms with van der Waals surface area (Å²) in [6.07, 6.45) is -1.01. The minimum Gasteiger partial charge on any atom is -0.454 e. The number of rotatable bonds is 5. The second-order valence-corrected chi connectivity index (χ2v) is 7.14. The number of hydrazone groups is 1. The molecule has 0 spiro atoms. The summed E-state index contributed by atoms with van der Waals surface area (Å²) >= 11 is 17.9. The maximum Gasteiger partial charge on any atom is 0.417 e. The second kappa shape index (κ2) is 9.07. The van der Waals surface area contributed by atoms with E-state index in [0.29, 0.717) is 17.7 Å². The molecule has 3 aromatic rings. The molecule has 0 unspecified atom stereocenters. The molecule has 1 N–H and O–H groups in total. The zero-order chi connectivity index (χ0) is 21.9. The Hall–Kier alpha value is -2.55. The molecule has 156 valence electrons. The summed E-state index contributed by atoms with van der Waals surface area (Å²) in [4.78, 5) is 7.52. The predicted molar refractivity (Wildman–Crippen MR) is 111 cm³/mol. The summed E-state index contributed by atoms with van der Waals surface area (Å²) in [5.41, 5.74) is 2.89. The van der Waals surface area contributed by atoms with Gasteiger partial charge >= 0.3 is 6.18 Å². The lowest BCUT2D eigenvalue weighted by Gasteiger charge is -2.10. The van der Waals surface area contributed by atoms with Crippen LogP contribution in [0.4, 0.5) is 19.0 Å². The molecule has 0 bridgehead atoms. The van der Waals surface area contributed by atoms with E-state index in [1.54, 1.807) is 31.2 Å². The minimum absolute atomic E-state index is 0.00550. The van der Waals surface area contributed by atoms with Gasteiger partial charge in [0.2, 0.25) is 0 Å². The SMILES string of the molecule is CC(=NNc1ncc(C(F)(F)F)cc1Cl)c1ccc(Oc2c(Cl)cncc2Cl)cc1. The molecule has 0 atom stereocenters. The Morgan fingerprint density at radius 3 is 2.20 bits per heavy atom. The van der Waals surface area contributed by atoms with Gasteiger partial charge < -0.3 is 4.74 Å². The van der Waals surface area contributed by atoms with Gasteiger partial charge in [0.25, 0.3) is 0 Å². The lowest BCUT2D eigenvalue weighted by atomic mass is 10.1. The van der Waals surface area contributed by atoms with Crippen LogP contribution in [0, 0.1) is 0 Å². The van der Waals surface area contributed by atoms with Crippen molar-refractivity contribution in [1.29, 1.82) is 0 Å². The van der Waals surface area contributed by atoms with Gasteiger partial charge in [-0.25, -0.2) is 4.98 Å². The van der Waals surface area contributed by atoms with Crippen molar-refractivity contribution in [1.82, 2.24) is 9.97 Å². The number of alkyl halides is 3. The van der Waals surface area contributed by atoms with Crippen LogP contribution in [-0.2, 0) is 6.18 Å². The number of benzene rings is 1. The Balaban J connectivity index is 1.71. The van der Waals surface area contributed by atoms with Crippen molar-refractivity contribution in [2.24, 2.45) is 5.10 Å². The first-order valence-electron chi connectivity index (χ1n) is 8.25. The van der Waals surface area contributed by atoms with Crippen molar-refractivity contribution in [3.63, 3.8) is 0 Å². The van der Waals surface area contributed by atoms with Crippen LogP contribution >= 0.6 is 34.8 Å². The highest BCUT2D eigenvalue weighted by molar-refractivity contribution is 6.37. The van der Waals surface area contributed by atoms with Gasteiger partial charge in [-0.05, 0) is 42.8 Å². The van der Waals surface area contributed by atoms with E-state index in [0.717, 1.165) is 11.6 Å². The second-order valence-electron chi connectivity index (χ2n) is 5.92. The Kier molecular flexibility index (Phi) is 6.70. The summed E-state index contributed by atoms with van der Waals surface area (Å²) < 4.78 is 43.7. The molecule has 2 heterocycles. The molecule has 11 heteroatoms. The zero-order valence-electron chi connectivity index (χ0n) is 15.1. The number of pyridine rings is 2. The van der Waals surface area contributed by atoms with Gasteiger partial charge in [-0.15, -0.1) is 0 Å². The molecule has 1 aromatic carbocycles. The van der Waals surface area contributed by atoms with Crippen molar-refractivity contribution in [2.75, 3.05) is 5.43 Å². The molecule has 5 nitrogen and oxygen atoms in total. The normalized spacial score (nSPS) is 12.0. The van der Waals surface area contributed by atoms with E-state index in [2.05, 4.69) is 20.5 Å². The van der Waals surface area contributed by atoms with E-state index in [9.17, 15) is 13.2 Å². The zero-order valence-corrected chi connectivity index (χ0v) is 17.4. The third-order valence-electron chi connectivity index (χ3n) is 3.80. The lowest BCUT2D eigenvalue weighted by Crippen LogP contribution is -2.07. The van der Waals surface area contributed by atoms with E-state index in [4.69, 9.17) is 39.5 Å². The van der Waals surface area contributed by atoms with Gasteiger partial charge in [-0.1, -0.05) is 34.8 Å². The summed E-state index contributed by atoms with van der Waals surface area (Å²) in [7, 11) is 0. The van der Waals surface area contributed by atoms with Crippen LogP contribution in [0.2, 0.25) is 15.1 Å². The fourth-order valence-corrected chi connectivity index (χ4v) is 2.91. The quantitative estimate of drug-likeness (QED) is 0.316. The highest BCUT2D eigenvalue weighted by Crippen LogP contribution is 2.35. The highest BCUT2D eigenvalue weighted by atomic mass is 35.5. The average Bonchev–Trinajstić information content (AvgIpc) is 2.69. The lowest BCUT2D eigenvalue weighted by molar-refractivity contribution is -0.137. The van der Waals surface area contributed by atoms with Gasteiger partial charge in [-0.2, -0.15) is 18.3 Å². The van der Waals surface area contributed by atoms with E-state index in [1.807, 2.05) is 0 Å². The van der Waals surface area contributed by atoms with E-state index in [-0.39, 0.29) is 26.6 Å². The maximum absolute atomic E-state index is 12.7. The van der Waals surface area contributed by atoms with E-state index < -0.39 is 11.7 Å². The molecule has 0 aliphatic carbocycles. The summed E-state index contributed by atoms with van der Waals surface area (Å²) in [6.45, 7) is 1.71. The van der Waals surface area contributed by atoms with E-state index >= 15 is 0 Å².